The van der Waals surface area contributed by atoms with Gasteiger partial charge in [0, 0.05) is 25.0 Å². The van der Waals surface area contributed by atoms with Crippen LogP contribution in [-0.2, 0) is 16.6 Å². The van der Waals surface area contributed by atoms with Crippen molar-refractivity contribution in [3.05, 3.63) is 58.0 Å². The van der Waals surface area contributed by atoms with Crippen LogP contribution in [0.25, 0.3) is 0 Å². The van der Waals surface area contributed by atoms with E-state index in [0.29, 0.717) is 36.7 Å². The van der Waals surface area contributed by atoms with E-state index in [2.05, 4.69) is 23.9 Å². The maximum atomic E-state index is 12.7. The van der Waals surface area contributed by atoms with Crippen LogP contribution >= 0.6 is 0 Å². The third-order valence-electron chi connectivity index (χ3n) is 4.51. The number of aromatic nitrogens is 1. The van der Waals surface area contributed by atoms with E-state index in [-0.39, 0.29) is 16.0 Å². The molecule has 0 aliphatic rings. The minimum Gasteiger partial charge on any atom is -0.322 e. The number of sulfonamides is 1. The summed E-state index contributed by atoms with van der Waals surface area (Å²) in [4.78, 5) is 25.6. The Kier molecular flexibility index (Phi) is 7.75. The molecule has 0 atom stereocenters. The van der Waals surface area contributed by atoms with E-state index in [0.717, 1.165) is 6.42 Å². The predicted molar refractivity (Wildman–Crippen MR) is 115 cm³/mol. The Morgan fingerprint density at radius 2 is 1.79 bits per heavy atom. The van der Waals surface area contributed by atoms with E-state index in [1.165, 1.54) is 24.3 Å². The fourth-order valence-corrected chi connectivity index (χ4v) is 3.88. The molecule has 1 amide bonds. The molecule has 0 unspecified atom stereocenters. The summed E-state index contributed by atoms with van der Waals surface area (Å²) >= 11 is 0. The van der Waals surface area contributed by atoms with E-state index < -0.39 is 15.9 Å². The van der Waals surface area contributed by atoms with Gasteiger partial charge in [0.05, 0.1) is 4.90 Å². The molecule has 0 fully saturated rings. The van der Waals surface area contributed by atoms with Gasteiger partial charge in [0.1, 0.15) is 5.56 Å². The molecule has 7 nitrogen and oxygen atoms in total. The van der Waals surface area contributed by atoms with Gasteiger partial charge in [-0.25, -0.2) is 13.1 Å². The number of benzene rings is 1. The number of nitrogens with zero attached hydrogens (tertiary/aromatic N) is 1. The molecule has 0 bridgehead atoms. The first-order chi connectivity index (χ1) is 13.7. The lowest BCUT2D eigenvalue weighted by molar-refractivity contribution is 0.102. The topological polar surface area (TPSA) is 97.3 Å². The first-order valence-electron chi connectivity index (χ1n) is 9.76. The van der Waals surface area contributed by atoms with Crippen LogP contribution in [0.5, 0.6) is 0 Å². The zero-order chi connectivity index (χ0) is 21.6. The van der Waals surface area contributed by atoms with Crippen molar-refractivity contribution >= 4 is 21.6 Å². The zero-order valence-electron chi connectivity index (χ0n) is 17.4. The van der Waals surface area contributed by atoms with Gasteiger partial charge in [-0.05, 0) is 61.6 Å². The molecular weight excluding hydrogens is 390 g/mol. The predicted octanol–water partition coefficient (Wildman–Crippen LogP) is 3.14. The van der Waals surface area contributed by atoms with Gasteiger partial charge < -0.3 is 9.88 Å². The van der Waals surface area contributed by atoms with Crippen molar-refractivity contribution in [3.63, 3.8) is 0 Å². The van der Waals surface area contributed by atoms with Gasteiger partial charge in [0.15, 0.2) is 0 Å². The standard InChI is InChI=1S/C21H29N3O4S/c1-5-12-22-29(27,28)18-8-6-17(7-9-18)23-20(25)19-16(4)11-14-24(21(19)26)13-10-15(2)3/h6-9,11,14-15,22H,5,10,12-13H2,1-4H3,(H,23,25). The number of rotatable bonds is 9. The maximum Gasteiger partial charge on any atom is 0.263 e. The SMILES string of the molecule is CCCNS(=O)(=O)c1ccc(NC(=O)c2c(C)ccn(CCC(C)C)c2=O)cc1. The second-order valence-corrected chi connectivity index (χ2v) is 9.20. The summed E-state index contributed by atoms with van der Waals surface area (Å²) in [5, 5.41) is 2.69. The second-order valence-electron chi connectivity index (χ2n) is 7.43. The second kappa shape index (κ2) is 9.84. The van der Waals surface area contributed by atoms with Crippen LogP contribution in [0.4, 0.5) is 5.69 Å². The summed E-state index contributed by atoms with van der Waals surface area (Å²) in [7, 11) is -3.57. The van der Waals surface area contributed by atoms with Gasteiger partial charge in [-0.2, -0.15) is 0 Å². The van der Waals surface area contributed by atoms with E-state index in [9.17, 15) is 18.0 Å². The van der Waals surface area contributed by atoms with Gasteiger partial charge >= 0.3 is 0 Å². The van der Waals surface area contributed by atoms with Crippen molar-refractivity contribution in [1.29, 1.82) is 0 Å². The van der Waals surface area contributed by atoms with Crippen LogP contribution in [0.2, 0.25) is 0 Å². The van der Waals surface area contributed by atoms with Gasteiger partial charge in [0.25, 0.3) is 11.5 Å². The molecule has 2 aromatic rings. The van der Waals surface area contributed by atoms with Crippen molar-refractivity contribution in [3.8, 4) is 0 Å². The molecule has 2 N–H and O–H groups in total. The van der Waals surface area contributed by atoms with E-state index in [4.69, 9.17) is 0 Å². The van der Waals surface area contributed by atoms with Gasteiger partial charge in [-0.1, -0.05) is 20.8 Å². The molecule has 0 aliphatic carbocycles. The summed E-state index contributed by atoms with van der Waals surface area (Å²) in [5.41, 5.74) is 0.778. The van der Waals surface area contributed by atoms with Crippen molar-refractivity contribution in [2.45, 2.75) is 52.0 Å². The maximum absolute atomic E-state index is 12.7. The Morgan fingerprint density at radius 3 is 2.38 bits per heavy atom. The summed E-state index contributed by atoms with van der Waals surface area (Å²) < 4.78 is 28.3. The molecule has 0 saturated carbocycles. The normalized spacial score (nSPS) is 11.6. The smallest absolute Gasteiger partial charge is 0.263 e. The number of pyridine rings is 1. The lowest BCUT2D eigenvalue weighted by atomic mass is 10.1. The van der Waals surface area contributed by atoms with Gasteiger partial charge in [-0.3, -0.25) is 9.59 Å². The molecule has 1 heterocycles. The summed E-state index contributed by atoms with van der Waals surface area (Å²) in [6.45, 7) is 8.66. The Balaban J connectivity index is 2.20. The fraction of sp³-hybridized carbons (Fsp3) is 0.429. The minimum atomic E-state index is -3.57. The van der Waals surface area contributed by atoms with Crippen molar-refractivity contribution in [1.82, 2.24) is 9.29 Å². The molecule has 0 spiro atoms. The lowest BCUT2D eigenvalue weighted by Crippen LogP contribution is -2.30. The van der Waals surface area contributed by atoms with Crippen LogP contribution in [0.3, 0.4) is 0 Å². The molecule has 8 heteroatoms. The number of aryl methyl sites for hydroxylation is 2. The summed E-state index contributed by atoms with van der Waals surface area (Å²) in [6.07, 6.45) is 3.24. The largest absolute Gasteiger partial charge is 0.322 e. The van der Waals surface area contributed by atoms with Gasteiger partial charge in [0.2, 0.25) is 10.0 Å². The highest BCUT2D eigenvalue weighted by Crippen LogP contribution is 2.15. The average Bonchev–Trinajstić information content (AvgIpc) is 2.66. The Hall–Kier alpha value is -2.45. The zero-order valence-corrected chi connectivity index (χ0v) is 18.2. The molecule has 1 aromatic carbocycles. The summed E-state index contributed by atoms with van der Waals surface area (Å²) in [6, 6.07) is 7.62. The highest BCUT2D eigenvalue weighted by atomic mass is 32.2. The molecule has 29 heavy (non-hydrogen) atoms. The number of carbonyl (C=O) groups excluding carboxylic acids is 1. The van der Waals surface area contributed by atoms with E-state index in [1.54, 1.807) is 23.8 Å². The molecule has 158 valence electrons. The minimum absolute atomic E-state index is 0.0950. The highest BCUT2D eigenvalue weighted by molar-refractivity contribution is 7.89. The third kappa shape index (κ3) is 6.01. The first kappa shape index (κ1) is 22.8. The van der Waals surface area contributed by atoms with Crippen LogP contribution < -0.4 is 15.6 Å². The Bertz CT molecular complexity index is 1010. The van der Waals surface area contributed by atoms with Gasteiger partial charge in [-0.15, -0.1) is 0 Å². The molecule has 2 rings (SSSR count). The Morgan fingerprint density at radius 1 is 1.14 bits per heavy atom. The summed E-state index contributed by atoms with van der Waals surface area (Å²) in [5.74, 6) is -0.0619. The number of hydrogen-bond donors (Lipinski definition) is 2. The number of nitrogens with one attached hydrogen (secondary N) is 2. The lowest BCUT2D eigenvalue weighted by Gasteiger charge is -2.12. The third-order valence-corrected chi connectivity index (χ3v) is 5.99. The molecular formula is C21H29N3O4S. The first-order valence-corrected chi connectivity index (χ1v) is 11.2. The fourth-order valence-electron chi connectivity index (χ4n) is 2.75. The number of carbonyl (C=O) groups is 1. The Labute approximate surface area is 172 Å². The molecule has 0 aliphatic heterocycles. The average molecular weight is 420 g/mol. The van der Waals surface area contributed by atoms with Crippen molar-refractivity contribution in [2.24, 2.45) is 5.92 Å². The number of hydrogen-bond acceptors (Lipinski definition) is 4. The number of amides is 1. The van der Waals surface area contributed by atoms with Crippen molar-refractivity contribution < 1.29 is 13.2 Å². The van der Waals surface area contributed by atoms with Crippen LogP contribution in [0.1, 0.15) is 49.5 Å². The van der Waals surface area contributed by atoms with Crippen LogP contribution in [0, 0.1) is 12.8 Å². The van der Waals surface area contributed by atoms with E-state index in [1.807, 2.05) is 6.92 Å². The molecule has 1 aromatic heterocycles. The van der Waals surface area contributed by atoms with Crippen LogP contribution in [-0.4, -0.2) is 25.4 Å². The number of anilines is 1. The molecule has 0 radical (unpaired) electrons. The van der Waals surface area contributed by atoms with Crippen LogP contribution in [0.15, 0.2) is 46.2 Å². The quantitative estimate of drug-likeness (QED) is 0.652. The van der Waals surface area contributed by atoms with Crippen molar-refractivity contribution in [2.75, 3.05) is 11.9 Å². The monoisotopic (exact) mass is 419 g/mol. The molecule has 0 saturated heterocycles. The van der Waals surface area contributed by atoms with E-state index >= 15 is 0 Å². The highest BCUT2D eigenvalue weighted by Gasteiger charge is 2.17.